The molecule has 5 heteroatoms. The fraction of sp³-hybridized carbons (Fsp3) is 0.250. The minimum atomic E-state index is -0.117. The zero-order valence-corrected chi connectivity index (χ0v) is 12.1. The van der Waals surface area contributed by atoms with Gasteiger partial charge in [-0.05, 0) is 64.2 Å². The average molecular weight is 425 g/mol. The highest BCUT2D eigenvalue weighted by Gasteiger charge is 2.09. The van der Waals surface area contributed by atoms with Crippen LogP contribution >= 0.6 is 57.6 Å². The minimum Gasteiger partial charge on any atom is -0.506 e. The molecule has 0 aliphatic rings. The second-order valence-corrected chi connectivity index (χ2v) is 5.02. The van der Waals surface area contributed by atoms with Crippen LogP contribution in [0.5, 0.6) is 5.75 Å². The molecule has 0 saturated heterocycles. The van der Waals surface area contributed by atoms with E-state index in [0.717, 1.165) is 12.7 Å². The summed E-state index contributed by atoms with van der Waals surface area (Å²) in [6.45, 7) is 1.86. The standard InChI is InChI=1S/C8H9I2NO.ClH/c1-4(11)6-2-5(9)3-7(10)8(6)12;/h2-4,12H,11H2,1H3;1H/t4-;/m0./s1. The highest BCUT2D eigenvalue weighted by Crippen LogP contribution is 2.30. The first-order chi connectivity index (χ1) is 5.52. The number of rotatable bonds is 1. The summed E-state index contributed by atoms with van der Waals surface area (Å²) >= 11 is 4.31. The lowest BCUT2D eigenvalue weighted by Crippen LogP contribution is -2.06. The number of hydrogen-bond acceptors (Lipinski definition) is 2. The molecular formula is C8H10ClI2NO. The van der Waals surface area contributed by atoms with Crippen molar-refractivity contribution in [1.82, 2.24) is 0 Å². The number of phenolic OH excluding ortho intramolecular Hbond substituents is 1. The molecule has 0 saturated carbocycles. The summed E-state index contributed by atoms with van der Waals surface area (Å²) in [4.78, 5) is 0. The molecule has 2 nitrogen and oxygen atoms in total. The number of halogens is 3. The van der Waals surface area contributed by atoms with Gasteiger partial charge in [0.15, 0.2) is 0 Å². The summed E-state index contributed by atoms with van der Waals surface area (Å²) in [6.07, 6.45) is 0. The Hall–Kier alpha value is 0.730. The summed E-state index contributed by atoms with van der Waals surface area (Å²) in [5.41, 5.74) is 6.50. The van der Waals surface area contributed by atoms with Gasteiger partial charge in [-0.15, -0.1) is 12.4 Å². The number of benzene rings is 1. The van der Waals surface area contributed by atoms with Crippen molar-refractivity contribution in [3.05, 3.63) is 24.8 Å². The molecule has 0 aromatic heterocycles. The summed E-state index contributed by atoms with van der Waals surface area (Å²) in [5.74, 6) is 0.311. The van der Waals surface area contributed by atoms with Crippen molar-refractivity contribution in [2.24, 2.45) is 5.73 Å². The molecule has 3 N–H and O–H groups in total. The molecule has 0 heterocycles. The SMILES string of the molecule is C[C@H](N)c1cc(I)cc(I)c1O.Cl. The van der Waals surface area contributed by atoms with Gasteiger partial charge in [0.25, 0.3) is 0 Å². The lowest BCUT2D eigenvalue weighted by molar-refractivity contribution is 0.459. The first-order valence-corrected chi connectivity index (χ1v) is 5.61. The van der Waals surface area contributed by atoms with Crippen molar-refractivity contribution in [2.75, 3.05) is 0 Å². The van der Waals surface area contributed by atoms with Gasteiger partial charge >= 0.3 is 0 Å². The third kappa shape index (κ3) is 3.41. The van der Waals surface area contributed by atoms with Gasteiger partial charge in [0.05, 0.1) is 3.57 Å². The molecule has 74 valence electrons. The first kappa shape index (κ1) is 13.7. The second kappa shape index (κ2) is 5.57. The largest absolute Gasteiger partial charge is 0.506 e. The molecular weight excluding hydrogens is 415 g/mol. The normalized spacial score (nSPS) is 12.0. The van der Waals surface area contributed by atoms with E-state index in [0.29, 0.717) is 5.75 Å². The Balaban J connectivity index is 0.00000144. The Morgan fingerprint density at radius 2 is 1.92 bits per heavy atom. The monoisotopic (exact) mass is 425 g/mol. The third-order valence-corrected chi connectivity index (χ3v) is 2.99. The van der Waals surface area contributed by atoms with E-state index in [9.17, 15) is 5.11 Å². The van der Waals surface area contributed by atoms with E-state index in [1.165, 1.54) is 0 Å². The molecule has 1 aromatic carbocycles. The fourth-order valence-corrected chi connectivity index (χ4v) is 2.82. The van der Waals surface area contributed by atoms with Crippen molar-refractivity contribution in [3.63, 3.8) is 0 Å². The van der Waals surface area contributed by atoms with Gasteiger partial charge in [-0.1, -0.05) is 0 Å². The van der Waals surface area contributed by atoms with Crippen molar-refractivity contribution in [2.45, 2.75) is 13.0 Å². The van der Waals surface area contributed by atoms with Gasteiger partial charge in [-0.2, -0.15) is 0 Å². The van der Waals surface area contributed by atoms with E-state index in [1.807, 2.05) is 19.1 Å². The van der Waals surface area contributed by atoms with Crippen LogP contribution in [0.25, 0.3) is 0 Å². The van der Waals surface area contributed by atoms with Gasteiger partial charge in [-0.25, -0.2) is 0 Å². The van der Waals surface area contributed by atoms with Crippen molar-refractivity contribution >= 4 is 57.6 Å². The average Bonchev–Trinajstić information content (AvgIpc) is 1.96. The van der Waals surface area contributed by atoms with Crippen molar-refractivity contribution < 1.29 is 5.11 Å². The molecule has 1 aromatic rings. The van der Waals surface area contributed by atoms with E-state index >= 15 is 0 Å². The molecule has 13 heavy (non-hydrogen) atoms. The summed E-state index contributed by atoms with van der Waals surface area (Å²) in [5, 5.41) is 9.60. The van der Waals surface area contributed by atoms with E-state index in [-0.39, 0.29) is 18.4 Å². The molecule has 1 rings (SSSR count). The van der Waals surface area contributed by atoms with Crippen LogP contribution in [-0.4, -0.2) is 5.11 Å². The maximum atomic E-state index is 9.60. The molecule has 0 fully saturated rings. The van der Waals surface area contributed by atoms with Crippen LogP contribution in [0.4, 0.5) is 0 Å². The van der Waals surface area contributed by atoms with Crippen molar-refractivity contribution in [3.8, 4) is 5.75 Å². The number of phenols is 1. The quantitative estimate of drug-likeness (QED) is 0.680. The molecule has 0 spiro atoms. The Labute approximate surface area is 111 Å². The van der Waals surface area contributed by atoms with Crippen LogP contribution in [-0.2, 0) is 0 Å². The third-order valence-electron chi connectivity index (χ3n) is 1.55. The van der Waals surface area contributed by atoms with E-state index in [2.05, 4.69) is 45.2 Å². The van der Waals surface area contributed by atoms with Gasteiger partial charge in [0, 0.05) is 15.2 Å². The summed E-state index contributed by atoms with van der Waals surface area (Å²) in [6, 6.07) is 3.71. The van der Waals surface area contributed by atoms with Gasteiger partial charge in [0.2, 0.25) is 0 Å². The zero-order valence-electron chi connectivity index (χ0n) is 6.92. The van der Waals surface area contributed by atoms with Crippen LogP contribution in [0, 0.1) is 7.14 Å². The number of aromatic hydroxyl groups is 1. The Bertz CT molecular complexity index is 304. The van der Waals surface area contributed by atoms with Crippen LogP contribution < -0.4 is 5.73 Å². The van der Waals surface area contributed by atoms with E-state index in [1.54, 1.807) is 0 Å². The molecule has 0 amide bonds. The molecule has 0 aliphatic carbocycles. The van der Waals surface area contributed by atoms with Crippen LogP contribution in [0.3, 0.4) is 0 Å². The smallest absolute Gasteiger partial charge is 0.133 e. The van der Waals surface area contributed by atoms with Gasteiger partial charge in [0.1, 0.15) is 5.75 Å². The lowest BCUT2D eigenvalue weighted by atomic mass is 10.1. The number of hydrogen-bond donors (Lipinski definition) is 2. The van der Waals surface area contributed by atoms with Gasteiger partial charge in [-0.3, -0.25) is 0 Å². The highest BCUT2D eigenvalue weighted by atomic mass is 127. The lowest BCUT2D eigenvalue weighted by Gasteiger charge is -2.10. The maximum Gasteiger partial charge on any atom is 0.133 e. The predicted octanol–water partition coefficient (Wildman–Crippen LogP) is 3.04. The first-order valence-electron chi connectivity index (χ1n) is 3.46. The van der Waals surface area contributed by atoms with Crippen molar-refractivity contribution in [1.29, 1.82) is 0 Å². The second-order valence-electron chi connectivity index (χ2n) is 2.61. The van der Waals surface area contributed by atoms with Crippen LogP contribution in [0.15, 0.2) is 12.1 Å². The molecule has 0 aliphatic heterocycles. The van der Waals surface area contributed by atoms with Crippen LogP contribution in [0.1, 0.15) is 18.5 Å². The molecule has 1 atom stereocenters. The van der Waals surface area contributed by atoms with E-state index < -0.39 is 0 Å². The topological polar surface area (TPSA) is 46.2 Å². The number of nitrogens with two attached hydrogens (primary N) is 1. The molecule has 0 unspecified atom stereocenters. The Morgan fingerprint density at radius 3 is 2.38 bits per heavy atom. The molecule has 0 bridgehead atoms. The van der Waals surface area contributed by atoms with E-state index in [4.69, 9.17) is 5.73 Å². The van der Waals surface area contributed by atoms with Gasteiger partial charge < -0.3 is 10.8 Å². The zero-order chi connectivity index (χ0) is 9.30. The predicted molar refractivity (Wildman–Crippen MR) is 73.4 cm³/mol. The Morgan fingerprint density at radius 1 is 1.38 bits per heavy atom. The fourth-order valence-electron chi connectivity index (χ4n) is 0.933. The Kier molecular flexibility index (Phi) is 5.88. The summed E-state index contributed by atoms with van der Waals surface area (Å²) < 4.78 is 1.95. The summed E-state index contributed by atoms with van der Waals surface area (Å²) in [7, 11) is 0. The maximum absolute atomic E-state index is 9.60. The molecule has 0 radical (unpaired) electrons. The highest BCUT2D eigenvalue weighted by molar-refractivity contribution is 14.1. The minimum absolute atomic E-state index is 0. The van der Waals surface area contributed by atoms with Crippen LogP contribution in [0.2, 0.25) is 0 Å².